The Balaban J connectivity index is 2.09. The predicted octanol–water partition coefficient (Wildman–Crippen LogP) is 4.74. The highest BCUT2D eigenvalue weighted by Crippen LogP contribution is 2.43. The Kier molecular flexibility index (Phi) is 6.86. The van der Waals surface area contributed by atoms with Gasteiger partial charge in [-0.2, -0.15) is 0 Å². The first-order valence-electron chi connectivity index (χ1n) is 9.18. The van der Waals surface area contributed by atoms with Gasteiger partial charge >= 0.3 is 5.97 Å². The van der Waals surface area contributed by atoms with Gasteiger partial charge in [0.05, 0.1) is 25.7 Å². The van der Waals surface area contributed by atoms with E-state index < -0.39 is 11.8 Å². The average molecular weight is 445 g/mol. The third kappa shape index (κ3) is 4.66. The van der Waals surface area contributed by atoms with E-state index in [9.17, 15) is 19.4 Å². The van der Waals surface area contributed by atoms with Crippen molar-refractivity contribution < 1.29 is 33.6 Å². The quantitative estimate of drug-likeness (QED) is 0.620. The summed E-state index contributed by atoms with van der Waals surface area (Å²) in [7, 11) is 2.82. The van der Waals surface area contributed by atoms with Gasteiger partial charge in [0.25, 0.3) is 0 Å². The zero-order valence-corrected chi connectivity index (χ0v) is 17.8. The SMILES string of the molecule is CCOC(=O)C1=C(O)/C(=C\c2cc(O)c(OC)c(OC)c2)SC1=Nc1ccccc1F. The van der Waals surface area contributed by atoms with Crippen LogP contribution in [0.2, 0.25) is 0 Å². The Hall–Kier alpha value is -3.46. The Morgan fingerprint density at radius 3 is 2.58 bits per heavy atom. The summed E-state index contributed by atoms with van der Waals surface area (Å²) in [6.07, 6.45) is 1.53. The van der Waals surface area contributed by atoms with E-state index in [1.807, 2.05) is 0 Å². The number of para-hydroxylation sites is 1. The van der Waals surface area contributed by atoms with Crippen LogP contribution in [0.3, 0.4) is 0 Å². The van der Waals surface area contributed by atoms with E-state index in [1.54, 1.807) is 19.1 Å². The standard InChI is InChI=1S/C22H20FNO6S/c1-4-30-22(27)18-19(26)17(31-21(18)24-14-8-6-5-7-13(14)23)11-12-9-15(25)20(29-3)16(10-12)28-2/h5-11,25-26H,4H2,1-3H3/b17-11+,24-21?. The number of esters is 1. The van der Waals surface area contributed by atoms with Crippen molar-refractivity contribution in [1.82, 2.24) is 0 Å². The number of benzene rings is 2. The second-order valence-corrected chi connectivity index (χ2v) is 7.23. The van der Waals surface area contributed by atoms with Crippen molar-refractivity contribution in [3.8, 4) is 17.2 Å². The summed E-state index contributed by atoms with van der Waals surface area (Å²) in [6.45, 7) is 1.73. The number of hydrogen-bond donors (Lipinski definition) is 2. The fourth-order valence-electron chi connectivity index (χ4n) is 2.84. The molecule has 0 saturated carbocycles. The summed E-state index contributed by atoms with van der Waals surface area (Å²) in [6, 6.07) is 8.84. The van der Waals surface area contributed by atoms with Crippen LogP contribution in [0.25, 0.3) is 6.08 Å². The lowest BCUT2D eigenvalue weighted by molar-refractivity contribution is -0.138. The summed E-state index contributed by atoms with van der Waals surface area (Å²) < 4.78 is 29.4. The summed E-state index contributed by atoms with van der Waals surface area (Å²) in [5, 5.41) is 21.0. The second kappa shape index (κ2) is 9.57. The van der Waals surface area contributed by atoms with Crippen LogP contribution in [0.5, 0.6) is 17.2 Å². The third-order valence-corrected chi connectivity index (χ3v) is 5.24. The molecule has 0 fully saturated rings. The highest BCUT2D eigenvalue weighted by molar-refractivity contribution is 8.18. The van der Waals surface area contributed by atoms with Crippen LogP contribution in [0.15, 0.2) is 57.6 Å². The topological polar surface area (TPSA) is 97.6 Å². The Bertz CT molecular complexity index is 1110. The van der Waals surface area contributed by atoms with Gasteiger partial charge in [-0.05, 0) is 42.8 Å². The minimum atomic E-state index is -0.777. The number of aliphatic hydroxyl groups excluding tert-OH is 1. The highest BCUT2D eigenvalue weighted by atomic mass is 32.2. The summed E-state index contributed by atoms with van der Waals surface area (Å²) >= 11 is 0.975. The van der Waals surface area contributed by atoms with Crippen molar-refractivity contribution in [2.24, 2.45) is 4.99 Å². The molecule has 0 amide bonds. The molecule has 1 aliphatic heterocycles. The average Bonchev–Trinajstić information content (AvgIpc) is 3.04. The van der Waals surface area contributed by atoms with Gasteiger partial charge in [0, 0.05) is 0 Å². The number of halogens is 1. The molecule has 2 aromatic carbocycles. The molecule has 162 valence electrons. The van der Waals surface area contributed by atoms with E-state index >= 15 is 0 Å². The van der Waals surface area contributed by atoms with Crippen LogP contribution in [0.4, 0.5) is 10.1 Å². The summed E-state index contributed by atoms with van der Waals surface area (Å²) in [4.78, 5) is 16.9. The fourth-order valence-corrected chi connectivity index (χ4v) is 3.87. The molecule has 0 atom stereocenters. The van der Waals surface area contributed by atoms with Gasteiger partial charge in [-0.15, -0.1) is 0 Å². The number of aliphatic imine (C=N–C) groups is 1. The summed E-state index contributed by atoms with van der Waals surface area (Å²) in [5.41, 5.74) is 0.329. The molecule has 0 spiro atoms. The van der Waals surface area contributed by atoms with Crippen LogP contribution < -0.4 is 9.47 Å². The van der Waals surface area contributed by atoms with Crippen molar-refractivity contribution in [1.29, 1.82) is 0 Å². The predicted molar refractivity (Wildman–Crippen MR) is 117 cm³/mol. The monoisotopic (exact) mass is 445 g/mol. The Morgan fingerprint density at radius 1 is 1.19 bits per heavy atom. The number of hydrogen-bond acceptors (Lipinski definition) is 8. The molecule has 1 heterocycles. The molecule has 7 nitrogen and oxygen atoms in total. The number of carbonyl (C=O) groups excluding carboxylic acids is 1. The van der Waals surface area contributed by atoms with Crippen LogP contribution >= 0.6 is 11.8 Å². The molecule has 0 saturated heterocycles. The van der Waals surface area contributed by atoms with Gasteiger partial charge < -0.3 is 24.4 Å². The molecule has 0 bridgehead atoms. The van der Waals surface area contributed by atoms with E-state index in [2.05, 4.69) is 4.99 Å². The van der Waals surface area contributed by atoms with Gasteiger partial charge in [-0.1, -0.05) is 23.9 Å². The number of aromatic hydroxyl groups is 1. The number of rotatable bonds is 6. The van der Waals surface area contributed by atoms with Crippen LogP contribution in [0.1, 0.15) is 12.5 Å². The maximum absolute atomic E-state index is 14.1. The number of ether oxygens (including phenoxy) is 3. The van der Waals surface area contributed by atoms with Crippen molar-refractivity contribution in [2.45, 2.75) is 6.92 Å². The lowest BCUT2D eigenvalue weighted by Gasteiger charge is -2.10. The van der Waals surface area contributed by atoms with Gasteiger partial charge in [-0.25, -0.2) is 14.2 Å². The number of methoxy groups -OCH3 is 2. The molecule has 2 N–H and O–H groups in total. The molecule has 3 rings (SSSR count). The zero-order valence-electron chi connectivity index (χ0n) is 17.0. The number of aliphatic hydroxyl groups is 1. The third-order valence-electron chi connectivity index (χ3n) is 4.22. The lowest BCUT2D eigenvalue weighted by atomic mass is 10.1. The first kappa shape index (κ1) is 22.2. The molecule has 31 heavy (non-hydrogen) atoms. The number of phenolic OH excluding ortho intramolecular Hbond substituents is 1. The molecule has 0 aliphatic carbocycles. The van der Waals surface area contributed by atoms with Crippen LogP contribution in [-0.4, -0.2) is 42.1 Å². The normalized spacial score (nSPS) is 16.1. The number of nitrogens with zero attached hydrogens (tertiary/aromatic N) is 1. The maximum Gasteiger partial charge on any atom is 0.344 e. The minimum absolute atomic E-state index is 0.0182. The highest BCUT2D eigenvalue weighted by Gasteiger charge is 2.33. The molecule has 9 heteroatoms. The van der Waals surface area contributed by atoms with Crippen molar-refractivity contribution >= 4 is 34.5 Å². The Labute approximate surface area is 182 Å². The first-order chi connectivity index (χ1) is 14.9. The van der Waals surface area contributed by atoms with E-state index in [-0.39, 0.29) is 50.8 Å². The fraction of sp³-hybridized carbons (Fsp3) is 0.182. The number of thioether (sulfide) groups is 1. The largest absolute Gasteiger partial charge is 0.506 e. The Morgan fingerprint density at radius 2 is 1.94 bits per heavy atom. The molecular weight excluding hydrogens is 425 g/mol. The molecule has 1 aliphatic rings. The molecule has 0 radical (unpaired) electrons. The molecular formula is C22H20FNO6S. The van der Waals surface area contributed by atoms with Crippen molar-refractivity contribution in [3.05, 3.63) is 64.0 Å². The van der Waals surface area contributed by atoms with E-state index in [4.69, 9.17) is 14.2 Å². The molecule has 0 aromatic heterocycles. The van der Waals surface area contributed by atoms with Crippen LogP contribution in [-0.2, 0) is 9.53 Å². The van der Waals surface area contributed by atoms with Gasteiger partial charge in [0.2, 0.25) is 5.75 Å². The lowest BCUT2D eigenvalue weighted by Crippen LogP contribution is -2.12. The van der Waals surface area contributed by atoms with Gasteiger partial charge in [0.15, 0.2) is 11.5 Å². The van der Waals surface area contributed by atoms with E-state index in [0.29, 0.717) is 5.56 Å². The molecule has 2 aromatic rings. The van der Waals surface area contributed by atoms with E-state index in [0.717, 1.165) is 11.8 Å². The first-order valence-corrected chi connectivity index (χ1v) is 10.00. The van der Waals surface area contributed by atoms with E-state index in [1.165, 1.54) is 44.6 Å². The minimum Gasteiger partial charge on any atom is -0.506 e. The van der Waals surface area contributed by atoms with Crippen LogP contribution in [0, 0.1) is 5.82 Å². The maximum atomic E-state index is 14.1. The number of carbonyl (C=O) groups is 1. The summed E-state index contributed by atoms with van der Waals surface area (Å²) in [5.74, 6) is -1.41. The van der Waals surface area contributed by atoms with Gasteiger partial charge in [-0.3, -0.25) is 0 Å². The smallest absolute Gasteiger partial charge is 0.344 e. The number of phenols is 1. The zero-order chi connectivity index (χ0) is 22.5. The van der Waals surface area contributed by atoms with Gasteiger partial charge in [0.1, 0.15) is 27.9 Å². The second-order valence-electron chi connectivity index (χ2n) is 6.20. The van der Waals surface area contributed by atoms with Crippen molar-refractivity contribution in [3.63, 3.8) is 0 Å². The van der Waals surface area contributed by atoms with Crippen molar-refractivity contribution in [2.75, 3.05) is 20.8 Å². The molecule has 0 unspecified atom stereocenters.